The highest BCUT2D eigenvalue weighted by Gasteiger charge is 2.10. The molecule has 0 aliphatic rings. The lowest BCUT2D eigenvalue weighted by Gasteiger charge is -2.09. The van der Waals surface area contributed by atoms with E-state index in [0.29, 0.717) is 16.9 Å². The van der Waals surface area contributed by atoms with Crippen molar-refractivity contribution in [2.24, 2.45) is 0 Å². The number of hydrogen-bond acceptors (Lipinski definition) is 4. The summed E-state index contributed by atoms with van der Waals surface area (Å²) in [6.45, 7) is 4.23. The molecule has 4 heteroatoms. The zero-order valence-corrected chi connectivity index (χ0v) is 11.6. The second kappa shape index (κ2) is 5.65. The molecule has 0 amide bonds. The molecule has 0 spiro atoms. The molecule has 2 aromatic rings. The van der Waals surface area contributed by atoms with E-state index in [-0.39, 0.29) is 6.61 Å². The Hall–Kier alpha value is -2.49. The van der Waals surface area contributed by atoms with E-state index in [2.05, 4.69) is 0 Å². The number of nitrogen functional groups attached to an aromatic ring is 2. The summed E-state index contributed by atoms with van der Waals surface area (Å²) in [6.07, 6.45) is 0. The molecule has 2 aromatic carbocycles. The van der Waals surface area contributed by atoms with Crippen LogP contribution in [0.3, 0.4) is 0 Å². The fourth-order valence-corrected chi connectivity index (χ4v) is 1.98. The van der Waals surface area contributed by atoms with Crippen LogP contribution in [0, 0.1) is 13.8 Å². The van der Waals surface area contributed by atoms with Gasteiger partial charge in [-0.05, 0) is 43.2 Å². The zero-order valence-electron chi connectivity index (χ0n) is 11.6. The summed E-state index contributed by atoms with van der Waals surface area (Å²) in [4.78, 5) is 12.0. The number of benzene rings is 2. The molecule has 0 bridgehead atoms. The summed E-state index contributed by atoms with van der Waals surface area (Å²) in [7, 11) is 0. The Morgan fingerprint density at radius 3 is 2.35 bits per heavy atom. The van der Waals surface area contributed by atoms with E-state index >= 15 is 0 Å². The number of carbonyl (C=O) groups excluding carboxylic acids is 1. The molecule has 0 unspecified atom stereocenters. The first-order chi connectivity index (χ1) is 9.45. The lowest BCUT2D eigenvalue weighted by atomic mass is 10.1. The van der Waals surface area contributed by atoms with Crippen LogP contribution in [0.15, 0.2) is 36.4 Å². The minimum atomic E-state index is -0.426. The quantitative estimate of drug-likeness (QED) is 0.664. The minimum absolute atomic E-state index is 0.237. The van der Waals surface area contributed by atoms with Crippen molar-refractivity contribution in [3.05, 3.63) is 58.7 Å². The third kappa shape index (κ3) is 3.29. The maximum absolute atomic E-state index is 12.0. The van der Waals surface area contributed by atoms with Gasteiger partial charge in [0, 0.05) is 11.4 Å². The lowest BCUT2D eigenvalue weighted by molar-refractivity contribution is 0.0472. The SMILES string of the molecule is Cc1ccc(C)c(COC(=O)c2cc(N)cc(N)c2)c1. The predicted octanol–water partition coefficient (Wildman–Crippen LogP) is 2.82. The van der Waals surface area contributed by atoms with Gasteiger partial charge in [0.25, 0.3) is 0 Å². The maximum atomic E-state index is 12.0. The van der Waals surface area contributed by atoms with Crippen LogP contribution in [-0.2, 0) is 11.3 Å². The molecule has 0 fully saturated rings. The number of aryl methyl sites for hydroxylation is 2. The van der Waals surface area contributed by atoms with Gasteiger partial charge in [-0.3, -0.25) is 0 Å². The van der Waals surface area contributed by atoms with Crippen molar-refractivity contribution in [3.8, 4) is 0 Å². The van der Waals surface area contributed by atoms with E-state index in [0.717, 1.165) is 16.7 Å². The molecule has 20 heavy (non-hydrogen) atoms. The van der Waals surface area contributed by atoms with E-state index in [1.54, 1.807) is 18.2 Å². The highest BCUT2D eigenvalue weighted by Crippen LogP contribution is 2.16. The van der Waals surface area contributed by atoms with Crippen LogP contribution in [-0.4, -0.2) is 5.97 Å². The molecule has 4 N–H and O–H groups in total. The summed E-state index contributed by atoms with van der Waals surface area (Å²) in [5, 5.41) is 0. The van der Waals surface area contributed by atoms with Crippen LogP contribution in [0.1, 0.15) is 27.0 Å². The second-order valence-electron chi connectivity index (χ2n) is 4.89. The first-order valence-corrected chi connectivity index (χ1v) is 6.35. The Balaban J connectivity index is 2.10. The number of ether oxygens (including phenoxy) is 1. The third-order valence-electron chi connectivity index (χ3n) is 3.08. The van der Waals surface area contributed by atoms with Gasteiger partial charge in [0.15, 0.2) is 0 Å². The topological polar surface area (TPSA) is 78.3 Å². The molecule has 0 saturated heterocycles. The first kappa shape index (κ1) is 13.9. The number of esters is 1. The van der Waals surface area contributed by atoms with Crippen molar-refractivity contribution in [2.75, 3.05) is 11.5 Å². The Labute approximate surface area is 118 Å². The predicted molar refractivity (Wildman–Crippen MR) is 80.3 cm³/mol. The summed E-state index contributed by atoms with van der Waals surface area (Å²) in [6, 6.07) is 10.8. The Bertz CT molecular complexity index is 631. The van der Waals surface area contributed by atoms with Crippen molar-refractivity contribution in [1.82, 2.24) is 0 Å². The molecular weight excluding hydrogens is 252 g/mol. The Kier molecular flexibility index (Phi) is 3.94. The standard InChI is InChI=1S/C16H18N2O2/c1-10-3-4-11(2)13(5-10)9-20-16(19)12-6-14(17)8-15(18)7-12/h3-8H,9,17-18H2,1-2H3. The number of hydrogen-bond donors (Lipinski definition) is 2. The van der Waals surface area contributed by atoms with Gasteiger partial charge in [0.05, 0.1) is 5.56 Å². The average Bonchev–Trinajstić information content (AvgIpc) is 2.38. The van der Waals surface area contributed by atoms with Crippen LogP contribution < -0.4 is 11.5 Å². The van der Waals surface area contributed by atoms with Crippen LogP contribution in [0.25, 0.3) is 0 Å². The van der Waals surface area contributed by atoms with Crippen LogP contribution >= 0.6 is 0 Å². The summed E-state index contributed by atoms with van der Waals surface area (Å²) in [5.41, 5.74) is 15.8. The van der Waals surface area contributed by atoms with Gasteiger partial charge in [-0.15, -0.1) is 0 Å². The fraction of sp³-hybridized carbons (Fsp3) is 0.188. The molecule has 4 nitrogen and oxygen atoms in total. The minimum Gasteiger partial charge on any atom is -0.457 e. The fourth-order valence-electron chi connectivity index (χ4n) is 1.98. The smallest absolute Gasteiger partial charge is 0.338 e. The van der Waals surface area contributed by atoms with Gasteiger partial charge in [0.1, 0.15) is 6.61 Å². The Morgan fingerprint density at radius 2 is 1.70 bits per heavy atom. The zero-order chi connectivity index (χ0) is 14.7. The highest BCUT2D eigenvalue weighted by atomic mass is 16.5. The molecule has 0 saturated carbocycles. The highest BCUT2D eigenvalue weighted by molar-refractivity contribution is 5.91. The van der Waals surface area contributed by atoms with Gasteiger partial charge in [0.2, 0.25) is 0 Å². The number of anilines is 2. The molecule has 0 heterocycles. The third-order valence-corrected chi connectivity index (χ3v) is 3.08. The molecule has 0 aliphatic heterocycles. The summed E-state index contributed by atoms with van der Waals surface area (Å²) in [5.74, 6) is -0.426. The molecular formula is C16H18N2O2. The monoisotopic (exact) mass is 270 g/mol. The van der Waals surface area contributed by atoms with Gasteiger partial charge in [-0.2, -0.15) is 0 Å². The van der Waals surface area contributed by atoms with Crippen molar-refractivity contribution < 1.29 is 9.53 Å². The number of nitrogens with two attached hydrogens (primary N) is 2. The molecule has 0 radical (unpaired) electrons. The van der Waals surface area contributed by atoms with E-state index in [9.17, 15) is 4.79 Å². The van der Waals surface area contributed by atoms with Crippen molar-refractivity contribution in [1.29, 1.82) is 0 Å². The first-order valence-electron chi connectivity index (χ1n) is 6.35. The van der Waals surface area contributed by atoms with E-state index < -0.39 is 5.97 Å². The molecule has 0 atom stereocenters. The van der Waals surface area contributed by atoms with Crippen LogP contribution in [0.2, 0.25) is 0 Å². The van der Waals surface area contributed by atoms with E-state index in [1.807, 2.05) is 32.0 Å². The Morgan fingerprint density at radius 1 is 1.05 bits per heavy atom. The summed E-state index contributed by atoms with van der Waals surface area (Å²) >= 11 is 0. The van der Waals surface area contributed by atoms with Gasteiger partial charge in [-0.25, -0.2) is 4.79 Å². The largest absolute Gasteiger partial charge is 0.457 e. The van der Waals surface area contributed by atoms with E-state index in [1.165, 1.54) is 0 Å². The van der Waals surface area contributed by atoms with Gasteiger partial charge >= 0.3 is 5.97 Å². The summed E-state index contributed by atoms with van der Waals surface area (Å²) < 4.78 is 5.31. The van der Waals surface area contributed by atoms with E-state index in [4.69, 9.17) is 16.2 Å². The van der Waals surface area contributed by atoms with Crippen LogP contribution in [0.5, 0.6) is 0 Å². The van der Waals surface area contributed by atoms with Crippen LogP contribution in [0.4, 0.5) is 11.4 Å². The van der Waals surface area contributed by atoms with Crippen molar-refractivity contribution in [2.45, 2.75) is 20.5 Å². The molecule has 0 aliphatic carbocycles. The van der Waals surface area contributed by atoms with Crippen molar-refractivity contribution >= 4 is 17.3 Å². The number of carbonyl (C=O) groups is 1. The maximum Gasteiger partial charge on any atom is 0.338 e. The normalized spacial score (nSPS) is 10.3. The number of rotatable bonds is 3. The lowest BCUT2D eigenvalue weighted by Crippen LogP contribution is -2.07. The van der Waals surface area contributed by atoms with Gasteiger partial charge < -0.3 is 16.2 Å². The van der Waals surface area contributed by atoms with Gasteiger partial charge in [-0.1, -0.05) is 23.8 Å². The average molecular weight is 270 g/mol. The second-order valence-corrected chi connectivity index (χ2v) is 4.89. The molecule has 0 aromatic heterocycles. The van der Waals surface area contributed by atoms with Crippen molar-refractivity contribution in [3.63, 3.8) is 0 Å². The molecule has 2 rings (SSSR count). The molecule has 104 valence electrons.